The fraction of sp³-hybridized carbons (Fsp3) is 0.593. The van der Waals surface area contributed by atoms with Crippen molar-refractivity contribution < 1.29 is 14.3 Å². The largest absolute Gasteiger partial charge is 0.501 e. The first-order chi connectivity index (χ1) is 16.6. The van der Waals surface area contributed by atoms with Crippen LogP contribution in [0.15, 0.2) is 46.2 Å². The predicted molar refractivity (Wildman–Crippen MR) is 146 cm³/mol. The summed E-state index contributed by atoms with van der Waals surface area (Å²) in [6.07, 6.45) is 10.1. The van der Waals surface area contributed by atoms with E-state index in [1.807, 2.05) is 19.4 Å². The van der Waals surface area contributed by atoms with Gasteiger partial charge in [-0.25, -0.2) is 4.98 Å². The van der Waals surface area contributed by atoms with Crippen LogP contribution in [0, 0.1) is 11.8 Å². The summed E-state index contributed by atoms with van der Waals surface area (Å²) in [6, 6.07) is 0. The average Bonchev–Trinajstić information content (AvgIpc) is 3.33. The van der Waals surface area contributed by atoms with Gasteiger partial charge in [0.05, 0.1) is 19.4 Å². The maximum atomic E-state index is 12.7. The Hall–Kier alpha value is -2.12. The number of halogens is 1. The smallest absolute Gasteiger partial charge is 0.249 e. The minimum atomic E-state index is -0.0559. The molecule has 0 fully saturated rings. The number of likely N-dealkylation sites (N-methyl/N-ethyl adjacent to an activating group) is 2. The van der Waals surface area contributed by atoms with Gasteiger partial charge in [-0.2, -0.15) is 0 Å². The topological polar surface area (TPSA) is 62.7 Å². The third-order valence-corrected chi connectivity index (χ3v) is 7.05. The lowest BCUT2D eigenvalue weighted by atomic mass is 9.90. The summed E-state index contributed by atoms with van der Waals surface area (Å²) in [4.78, 5) is 32.5. The molecule has 0 unspecified atom stereocenters. The van der Waals surface area contributed by atoms with Crippen LogP contribution < -0.4 is 0 Å². The number of thiazole rings is 1. The maximum Gasteiger partial charge on any atom is 0.249 e. The van der Waals surface area contributed by atoms with Crippen molar-refractivity contribution in [1.82, 2.24) is 14.8 Å². The summed E-state index contributed by atoms with van der Waals surface area (Å²) in [5.74, 6) is 1.41. The molecule has 35 heavy (non-hydrogen) atoms. The standard InChI is InChI=1S/C27H42ClN3O3S/c1-20(10-11-24(18-28)9-8-13-30(5)26(32)17-23(4)34-7)15-21(2)16-22(3)27(33)31(6)19-25-29-12-14-35-25/h12,14,16-18,20-21H,8-11,13,15,19H2,1-7H3/b22-16+,23-17+,24-18-/t20-,21+/m0/s1. The molecule has 0 aliphatic carbocycles. The molecule has 0 aromatic carbocycles. The highest BCUT2D eigenvalue weighted by molar-refractivity contribution is 7.09. The molecule has 0 radical (unpaired) electrons. The number of hydrogen-bond acceptors (Lipinski definition) is 5. The molecule has 0 saturated carbocycles. The number of rotatable bonds is 15. The minimum Gasteiger partial charge on any atom is -0.501 e. The Kier molecular flexibility index (Phi) is 14.6. The van der Waals surface area contributed by atoms with Gasteiger partial charge in [-0.1, -0.05) is 37.1 Å². The van der Waals surface area contributed by atoms with E-state index in [9.17, 15) is 9.59 Å². The van der Waals surface area contributed by atoms with Crippen LogP contribution >= 0.6 is 22.9 Å². The SMILES string of the molecule is CO/C(C)=C/C(=O)N(C)CCC/C(=C/Cl)CC[C@H](C)C[C@@H](C)/C=C(\C)C(=O)N(C)Cc1nccs1. The second-order valence-corrected chi connectivity index (χ2v) is 10.6. The van der Waals surface area contributed by atoms with Crippen molar-refractivity contribution in [3.05, 3.63) is 51.2 Å². The van der Waals surface area contributed by atoms with E-state index in [0.29, 0.717) is 30.7 Å². The van der Waals surface area contributed by atoms with Gasteiger partial charge in [0.25, 0.3) is 0 Å². The molecular weight excluding hydrogens is 482 g/mol. The average molecular weight is 524 g/mol. The zero-order valence-electron chi connectivity index (χ0n) is 22.3. The number of ether oxygens (including phenoxy) is 1. The quantitative estimate of drug-likeness (QED) is 0.197. The molecule has 6 nitrogen and oxygen atoms in total. The molecule has 1 heterocycles. The zero-order valence-corrected chi connectivity index (χ0v) is 23.9. The number of carbonyl (C=O) groups excluding carboxylic acids is 2. The van der Waals surface area contributed by atoms with Crippen LogP contribution in [0.25, 0.3) is 0 Å². The molecular formula is C27H42ClN3O3S. The Morgan fingerprint density at radius 1 is 1.20 bits per heavy atom. The molecule has 1 aromatic heterocycles. The molecule has 196 valence electrons. The molecule has 0 bridgehead atoms. The molecule has 2 amide bonds. The number of methoxy groups -OCH3 is 1. The molecule has 0 N–H and O–H groups in total. The van der Waals surface area contributed by atoms with Crippen molar-refractivity contribution in [1.29, 1.82) is 0 Å². The second-order valence-electron chi connectivity index (χ2n) is 9.38. The Morgan fingerprint density at radius 3 is 2.51 bits per heavy atom. The van der Waals surface area contributed by atoms with Gasteiger partial charge in [-0.3, -0.25) is 9.59 Å². The van der Waals surface area contributed by atoms with E-state index in [1.165, 1.54) is 11.6 Å². The lowest BCUT2D eigenvalue weighted by Crippen LogP contribution is -2.27. The lowest BCUT2D eigenvalue weighted by Gasteiger charge is -2.19. The van der Waals surface area contributed by atoms with E-state index >= 15 is 0 Å². The van der Waals surface area contributed by atoms with Gasteiger partial charge in [0.1, 0.15) is 5.01 Å². The van der Waals surface area contributed by atoms with Gasteiger partial charge in [-0.05, 0) is 57.8 Å². The van der Waals surface area contributed by atoms with Gasteiger partial charge in [0.2, 0.25) is 11.8 Å². The number of allylic oxidation sites excluding steroid dienone is 3. The minimum absolute atomic E-state index is 0.0448. The summed E-state index contributed by atoms with van der Waals surface area (Å²) < 4.78 is 5.04. The fourth-order valence-electron chi connectivity index (χ4n) is 3.89. The van der Waals surface area contributed by atoms with E-state index in [4.69, 9.17) is 16.3 Å². The van der Waals surface area contributed by atoms with Gasteiger partial charge < -0.3 is 14.5 Å². The maximum absolute atomic E-state index is 12.7. The molecule has 0 aliphatic heterocycles. The Bertz CT molecular complexity index is 880. The molecule has 0 saturated heterocycles. The van der Waals surface area contributed by atoms with Crippen LogP contribution in [-0.4, -0.2) is 54.3 Å². The van der Waals surface area contributed by atoms with Crippen molar-refractivity contribution in [2.75, 3.05) is 27.7 Å². The first-order valence-corrected chi connectivity index (χ1v) is 13.5. The number of aromatic nitrogens is 1. The number of nitrogens with zero attached hydrogens (tertiary/aromatic N) is 3. The summed E-state index contributed by atoms with van der Waals surface area (Å²) >= 11 is 7.64. The van der Waals surface area contributed by atoms with Gasteiger partial charge >= 0.3 is 0 Å². The monoisotopic (exact) mass is 523 g/mol. The van der Waals surface area contributed by atoms with Crippen molar-refractivity contribution in [3.8, 4) is 0 Å². The highest BCUT2D eigenvalue weighted by Crippen LogP contribution is 2.23. The van der Waals surface area contributed by atoms with Crippen LogP contribution in [0.4, 0.5) is 0 Å². The number of hydrogen-bond donors (Lipinski definition) is 0. The summed E-state index contributed by atoms with van der Waals surface area (Å²) in [5.41, 5.74) is 3.68. The molecule has 2 atom stereocenters. The van der Waals surface area contributed by atoms with E-state index in [2.05, 4.69) is 24.9 Å². The lowest BCUT2D eigenvalue weighted by molar-refractivity contribution is -0.126. The first kappa shape index (κ1) is 30.9. The van der Waals surface area contributed by atoms with Gasteiger partial charge in [0.15, 0.2) is 0 Å². The second kappa shape index (κ2) is 16.5. The van der Waals surface area contributed by atoms with Gasteiger partial charge in [-0.15, -0.1) is 11.3 Å². The summed E-state index contributed by atoms with van der Waals surface area (Å²) in [6.45, 7) is 9.28. The van der Waals surface area contributed by atoms with Crippen LogP contribution in [0.3, 0.4) is 0 Å². The normalized spacial score (nSPS) is 14.5. The zero-order chi connectivity index (χ0) is 26.4. The van der Waals surface area contributed by atoms with Crippen molar-refractivity contribution in [2.24, 2.45) is 11.8 Å². The Labute approximate surface area is 220 Å². The Balaban J connectivity index is 2.41. The summed E-state index contributed by atoms with van der Waals surface area (Å²) in [7, 11) is 5.17. The number of carbonyl (C=O) groups is 2. The third-order valence-electron chi connectivity index (χ3n) is 5.98. The molecule has 1 rings (SSSR count). The van der Waals surface area contributed by atoms with Crippen LogP contribution in [0.2, 0.25) is 0 Å². The van der Waals surface area contributed by atoms with E-state index < -0.39 is 0 Å². The fourth-order valence-corrected chi connectivity index (χ4v) is 4.77. The molecule has 0 aliphatic rings. The van der Waals surface area contributed by atoms with Crippen LogP contribution in [-0.2, 0) is 20.9 Å². The van der Waals surface area contributed by atoms with E-state index in [1.54, 1.807) is 53.9 Å². The third kappa shape index (κ3) is 12.4. The van der Waals surface area contributed by atoms with Crippen LogP contribution in [0.5, 0.6) is 0 Å². The highest BCUT2D eigenvalue weighted by Gasteiger charge is 2.15. The van der Waals surface area contributed by atoms with Crippen molar-refractivity contribution in [2.45, 2.75) is 66.3 Å². The van der Waals surface area contributed by atoms with Crippen molar-refractivity contribution in [3.63, 3.8) is 0 Å². The van der Waals surface area contributed by atoms with Crippen molar-refractivity contribution >= 4 is 34.8 Å². The van der Waals surface area contributed by atoms with E-state index in [-0.39, 0.29) is 11.8 Å². The first-order valence-electron chi connectivity index (χ1n) is 12.1. The summed E-state index contributed by atoms with van der Waals surface area (Å²) in [5, 5.41) is 2.86. The molecule has 8 heteroatoms. The van der Waals surface area contributed by atoms with Crippen LogP contribution in [0.1, 0.15) is 64.8 Å². The predicted octanol–water partition coefficient (Wildman–Crippen LogP) is 6.40. The van der Waals surface area contributed by atoms with E-state index in [0.717, 1.165) is 42.7 Å². The highest BCUT2D eigenvalue weighted by atomic mass is 35.5. The number of amides is 2. The molecule has 0 spiro atoms. The molecule has 1 aromatic rings. The van der Waals surface area contributed by atoms with Gasteiger partial charge in [0, 0.05) is 49.4 Å². The Morgan fingerprint density at radius 2 is 1.91 bits per heavy atom.